The van der Waals surface area contributed by atoms with Crippen molar-refractivity contribution in [2.75, 3.05) is 13.2 Å². The number of hydrogen-bond donors (Lipinski definition) is 2. The van der Waals surface area contributed by atoms with Crippen molar-refractivity contribution in [2.24, 2.45) is 0 Å². The molecule has 1 aliphatic heterocycles. The number of carbonyl (C=O) groups excluding carboxylic acids is 1. The van der Waals surface area contributed by atoms with Crippen LogP contribution in [0.1, 0.15) is 16.1 Å². The number of ether oxygens (including phenoxy) is 2. The summed E-state index contributed by atoms with van der Waals surface area (Å²) in [6.45, 7) is 2.74. The van der Waals surface area contributed by atoms with E-state index in [-0.39, 0.29) is 12.0 Å². The lowest BCUT2D eigenvalue weighted by molar-refractivity contribution is 0.0787. The molecule has 2 aromatic carbocycles. The lowest BCUT2D eigenvalue weighted by Crippen LogP contribution is -2.40. The summed E-state index contributed by atoms with van der Waals surface area (Å²) in [5.74, 6) is 1.20. The van der Waals surface area contributed by atoms with Gasteiger partial charge in [-0.2, -0.15) is 5.10 Å². The largest absolute Gasteiger partial charge is 0.486 e. The summed E-state index contributed by atoms with van der Waals surface area (Å²) in [6.07, 6.45) is -0.226. The number of amides is 1. The van der Waals surface area contributed by atoms with Gasteiger partial charge in [-0.05, 0) is 31.2 Å². The number of nitrogens with zero attached hydrogens (tertiary/aromatic N) is 1. The Labute approximate surface area is 138 Å². The number of aryl methyl sites for hydroxylation is 1. The van der Waals surface area contributed by atoms with E-state index in [0.717, 1.165) is 22.2 Å². The zero-order valence-corrected chi connectivity index (χ0v) is 13.2. The molecule has 1 aromatic heterocycles. The van der Waals surface area contributed by atoms with Gasteiger partial charge in [-0.1, -0.05) is 23.8 Å². The van der Waals surface area contributed by atoms with Crippen LogP contribution < -0.4 is 14.8 Å². The van der Waals surface area contributed by atoms with Crippen molar-refractivity contribution < 1.29 is 14.3 Å². The van der Waals surface area contributed by atoms with Gasteiger partial charge in [0.15, 0.2) is 17.2 Å². The second-order valence-electron chi connectivity index (χ2n) is 5.83. The molecule has 1 unspecified atom stereocenters. The lowest BCUT2D eigenvalue weighted by Gasteiger charge is -2.26. The van der Waals surface area contributed by atoms with Crippen LogP contribution in [0.5, 0.6) is 11.5 Å². The van der Waals surface area contributed by atoms with Gasteiger partial charge in [0.2, 0.25) is 0 Å². The molecule has 6 heteroatoms. The highest BCUT2D eigenvalue weighted by Gasteiger charge is 2.22. The summed E-state index contributed by atoms with van der Waals surface area (Å²) in [7, 11) is 0. The first-order chi connectivity index (χ1) is 11.7. The molecule has 1 aliphatic rings. The van der Waals surface area contributed by atoms with Crippen molar-refractivity contribution in [3.63, 3.8) is 0 Å². The molecule has 4 rings (SSSR count). The molecule has 0 aliphatic carbocycles. The van der Waals surface area contributed by atoms with Gasteiger partial charge in [-0.25, -0.2) is 0 Å². The van der Waals surface area contributed by atoms with Crippen molar-refractivity contribution in [1.29, 1.82) is 0 Å². The second kappa shape index (κ2) is 5.88. The molecule has 0 saturated heterocycles. The Morgan fingerprint density at radius 1 is 1.29 bits per heavy atom. The fraction of sp³-hybridized carbons (Fsp3) is 0.222. The first kappa shape index (κ1) is 14.6. The first-order valence-electron chi connectivity index (χ1n) is 7.82. The molecule has 0 radical (unpaired) electrons. The minimum atomic E-state index is -0.227. The fourth-order valence-electron chi connectivity index (χ4n) is 2.75. The molecule has 1 atom stereocenters. The number of aromatic nitrogens is 2. The van der Waals surface area contributed by atoms with E-state index >= 15 is 0 Å². The van der Waals surface area contributed by atoms with Crippen LogP contribution in [0.4, 0.5) is 0 Å². The number of nitrogens with one attached hydrogen (secondary N) is 2. The maximum Gasteiger partial charge on any atom is 0.272 e. The van der Waals surface area contributed by atoms with Crippen molar-refractivity contribution in [3.05, 3.63) is 53.7 Å². The van der Waals surface area contributed by atoms with Crippen LogP contribution in [0.15, 0.2) is 42.5 Å². The molecule has 24 heavy (non-hydrogen) atoms. The first-order valence-corrected chi connectivity index (χ1v) is 7.82. The molecule has 122 valence electrons. The van der Waals surface area contributed by atoms with E-state index in [1.54, 1.807) is 0 Å². The predicted molar refractivity (Wildman–Crippen MR) is 89.5 cm³/mol. The Balaban J connectivity index is 1.44. The van der Waals surface area contributed by atoms with Crippen LogP contribution in [0, 0.1) is 6.92 Å². The lowest BCUT2D eigenvalue weighted by atomic mass is 10.1. The topological polar surface area (TPSA) is 76.2 Å². The third kappa shape index (κ3) is 2.67. The van der Waals surface area contributed by atoms with Gasteiger partial charge in [-0.15, -0.1) is 0 Å². The Kier molecular flexibility index (Phi) is 3.57. The molecule has 1 amide bonds. The number of hydrogen-bond acceptors (Lipinski definition) is 4. The summed E-state index contributed by atoms with van der Waals surface area (Å²) in [5, 5.41) is 10.7. The zero-order chi connectivity index (χ0) is 16.5. The van der Waals surface area contributed by atoms with E-state index in [0.29, 0.717) is 24.6 Å². The van der Waals surface area contributed by atoms with Crippen LogP contribution in [-0.4, -0.2) is 35.4 Å². The number of fused-ring (bicyclic) bond motifs is 2. The minimum Gasteiger partial charge on any atom is -0.486 e. The van der Waals surface area contributed by atoms with Gasteiger partial charge in [0.05, 0.1) is 12.1 Å². The molecular formula is C18H17N3O3. The molecule has 6 nitrogen and oxygen atoms in total. The number of carbonyl (C=O) groups is 1. The highest BCUT2D eigenvalue weighted by molar-refractivity contribution is 6.04. The average molecular weight is 323 g/mol. The number of aromatic amines is 1. The molecule has 0 saturated carbocycles. The second-order valence-corrected chi connectivity index (χ2v) is 5.83. The van der Waals surface area contributed by atoms with E-state index < -0.39 is 0 Å². The van der Waals surface area contributed by atoms with E-state index in [2.05, 4.69) is 15.5 Å². The normalized spacial score (nSPS) is 16.1. The van der Waals surface area contributed by atoms with Crippen LogP contribution >= 0.6 is 0 Å². The van der Waals surface area contributed by atoms with E-state index in [4.69, 9.17) is 9.47 Å². The summed E-state index contributed by atoms with van der Waals surface area (Å²) in [4.78, 5) is 12.4. The van der Waals surface area contributed by atoms with Crippen LogP contribution in [0.3, 0.4) is 0 Å². The number of H-pyrrole nitrogens is 1. The zero-order valence-electron chi connectivity index (χ0n) is 13.2. The van der Waals surface area contributed by atoms with Crippen LogP contribution in [-0.2, 0) is 0 Å². The number of para-hydroxylation sites is 2. The van der Waals surface area contributed by atoms with Gasteiger partial charge in [-0.3, -0.25) is 9.89 Å². The average Bonchev–Trinajstić information content (AvgIpc) is 3.02. The maximum absolute atomic E-state index is 12.4. The van der Waals surface area contributed by atoms with Crippen molar-refractivity contribution in [2.45, 2.75) is 13.0 Å². The van der Waals surface area contributed by atoms with Gasteiger partial charge < -0.3 is 14.8 Å². The third-order valence-corrected chi connectivity index (χ3v) is 3.99. The van der Waals surface area contributed by atoms with Crippen molar-refractivity contribution in [3.8, 4) is 11.5 Å². The quantitative estimate of drug-likeness (QED) is 0.776. The van der Waals surface area contributed by atoms with Crippen LogP contribution in [0.2, 0.25) is 0 Å². The van der Waals surface area contributed by atoms with E-state index in [9.17, 15) is 4.79 Å². The van der Waals surface area contributed by atoms with Crippen molar-refractivity contribution in [1.82, 2.24) is 15.5 Å². The Morgan fingerprint density at radius 3 is 3.00 bits per heavy atom. The Bertz CT molecular complexity index is 903. The summed E-state index contributed by atoms with van der Waals surface area (Å²) in [5.41, 5.74) is 2.32. The molecule has 0 bridgehead atoms. The molecule has 0 fully saturated rings. The van der Waals surface area contributed by atoms with Gasteiger partial charge in [0.1, 0.15) is 12.7 Å². The van der Waals surface area contributed by atoms with Gasteiger partial charge in [0, 0.05) is 5.39 Å². The van der Waals surface area contributed by atoms with E-state index in [1.807, 2.05) is 49.4 Å². The van der Waals surface area contributed by atoms with Gasteiger partial charge in [0.25, 0.3) is 5.91 Å². The highest BCUT2D eigenvalue weighted by Crippen LogP contribution is 2.30. The summed E-state index contributed by atoms with van der Waals surface area (Å²) in [6, 6.07) is 13.4. The standard InChI is InChI=1S/C18H17N3O3/c1-11-6-7-14-13(8-11)17(21-20-14)18(22)19-9-12-10-23-15-4-2-3-5-16(15)24-12/h2-8,12H,9-10H2,1H3,(H,19,22)(H,20,21). The predicted octanol–water partition coefficient (Wildman–Crippen LogP) is 2.44. The molecule has 3 aromatic rings. The number of rotatable bonds is 3. The summed E-state index contributed by atoms with van der Waals surface area (Å²) < 4.78 is 11.5. The molecule has 2 N–H and O–H groups in total. The smallest absolute Gasteiger partial charge is 0.272 e. The monoisotopic (exact) mass is 323 g/mol. The highest BCUT2D eigenvalue weighted by atomic mass is 16.6. The third-order valence-electron chi connectivity index (χ3n) is 3.99. The molecule has 0 spiro atoms. The maximum atomic E-state index is 12.4. The number of benzene rings is 2. The Morgan fingerprint density at radius 2 is 2.12 bits per heavy atom. The van der Waals surface area contributed by atoms with E-state index in [1.165, 1.54) is 0 Å². The van der Waals surface area contributed by atoms with Crippen molar-refractivity contribution >= 4 is 16.8 Å². The van der Waals surface area contributed by atoms with Gasteiger partial charge >= 0.3 is 0 Å². The summed E-state index contributed by atoms with van der Waals surface area (Å²) >= 11 is 0. The Hall–Kier alpha value is -3.02. The SMILES string of the molecule is Cc1ccc2[nH]nc(C(=O)NCC3COc4ccccc4O3)c2c1. The van der Waals surface area contributed by atoms with Crippen LogP contribution in [0.25, 0.3) is 10.9 Å². The molecular weight excluding hydrogens is 306 g/mol. The fourth-order valence-corrected chi connectivity index (χ4v) is 2.75. The molecule has 2 heterocycles. The minimum absolute atomic E-state index is 0.226.